The molecule has 1 aromatic heterocycles. The van der Waals surface area contributed by atoms with Crippen molar-refractivity contribution in [3.8, 4) is 0 Å². The largest absolute Gasteiger partial charge is 0.367 e. The molecule has 0 spiro atoms. The zero-order valence-electron chi connectivity index (χ0n) is 16.5. The van der Waals surface area contributed by atoms with Crippen LogP contribution in [0.3, 0.4) is 0 Å². The average molecular weight is 395 g/mol. The molecule has 7 nitrogen and oxygen atoms in total. The molecule has 0 atom stereocenters. The topological polar surface area (TPSA) is 82.6 Å². The number of hydrogen-bond acceptors (Lipinski definition) is 5. The molecule has 3 heterocycles. The van der Waals surface area contributed by atoms with Crippen LogP contribution in [0.5, 0.6) is 0 Å². The zero-order valence-corrected chi connectivity index (χ0v) is 17.3. The lowest BCUT2D eigenvalue weighted by Gasteiger charge is -2.21. The molecule has 3 rings (SSSR count). The van der Waals surface area contributed by atoms with Crippen LogP contribution in [0.2, 0.25) is 0 Å². The molecule has 1 saturated heterocycles. The van der Waals surface area contributed by atoms with E-state index in [1.165, 1.54) is 0 Å². The second-order valence-electron chi connectivity index (χ2n) is 7.59. The summed E-state index contributed by atoms with van der Waals surface area (Å²) in [6.07, 6.45) is 3.24. The first-order valence-corrected chi connectivity index (χ1v) is 11.5. The molecule has 0 saturated carbocycles. The van der Waals surface area contributed by atoms with Gasteiger partial charge in [0.15, 0.2) is 0 Å². The van der Waals surface area contributed by atoms with Gasteiger partial charge < -0.3 is 10.2 Å². The lowest BCUT2D eigenvalue weighted by molar-refractivity contribution is 0.0793. The van der Waals surface area contributed by atoms with Gasteiger partial charge in [0.25, 0.3) is 5.91 Å². The number of amides is 1. The zero-order chi connectivity index (χ0) is 19.6. The Balaban J connectivity index is 1.93. The third kappa shape index (κ3) is 4.43. The molecule has 150 valence electrons. The molecule has 0 aromatic carbocycles. The van der Waals surface area contributed by atoms with E-state index in [-0.39, 0.29) is 17.7 Å². The standard InChI is InChI=1S/C19H30N4O3S/c1-4-27(25,26)23-11-7-15-13-16(19(24)22-9-5-6-10-22)18(20-14(2)3)21-17(15)8-12-23/h13-14H,4-12H2,1-3H3,(H,20,21). The maximum absolute atomic E-state index is 13.0. The number of hydrogen-bond donors (Lipinski definition) is 1. The van der Waals surface area contributed by atoms with Crippen molar-refractivity contribution in [3.63, 3.8) is 0 Å². The van der Waals surface area contributed by atoms with E-state index in [1.54, 1.807) is 11.2 Å². The van der Waals surface area contributed by atoms with Crippen molar-refractivity contribution in [2.24, 2.45) is 0 Å². The monoisotopic (exact) mass is 394 g/mol. The minimum atomic E-state index is -3.22. The first-order valence-electron chi connectivity index (χ1n) is 9.88. The minimum Gasteiger partial charge on any atom is -0.367 e. The maximum Gasteiger partial charge on any atom is 0.257 e. The van der Waals surface area contributed by atoms with Crippen molar-refractivity contribution < 1.29 is 13.2 Å². The van der Waals surface area contributed by atoms with Gasteiger partial charge >= 0.3 is 0 Å². The van der Waals surface area contributed by atoms with Crippen molar-refractivity contribution in [2.75, 3.05) is 37.2 Å². The summed E-state index contributed by atoms with van der Waals surface area (Å²) < 4.78 is 26.1. The third-order valence-corrected chi connectivity index (χ3v) is 7.11. The van der Waals surface area contributed by atoms with Gasteiger partial charge in [-0.15, -0.1) is 0 Å². The predicted molar refractivity (Wildman–Crippen MR) is 107 cm³/mol. The molecule has 1 aromatic rings. The van der Waals surface area contributed by atoms with Crippen molar-refractivity contribution >= 4 is 21.7 Å². The second-order valence-corrected chi connectivity index (χ2v) is 9.85. The van der Waals surface area contributed by atoms with Crippen molar-refractivity contribution in [1.29, 1.82) is 0 Å². The van der Waals surface area contributed by atoms with Gasteiger partial charge in [-0.2, -0.15) is 0 Å². The smallest absolute Gasteiger partial charge is 0.257 e. The number of fused-ring (bicyclic) bond motifs is 1. The van der Waals surface area contributed by atoms with Crippen LogP contribution in [0.1, 0.15) is 55.2 Å². The molecule has 2 aliphatic rings. The summed E-state index contributed by atoms with van der Waals surface area (Å²) in [7, 11) is -3.22. The van der Waals surface area contributed by atoms with E-state index >= 15 is 0 Å². The second kappa shape index (κ2) is 8.14. The van der Waals surface area contributed by atoms with Gasteiger partial charge in [-0.25, -0.2) is 17.7 Å². The van der Waals surface area contributed by atoms with E-state index in [0.29, 0.717) is 37.3 Å². The van der Waals surface area contributed by atoms with Crippen LogP contribution >= 0.6 is 0 Å². The molecular formula is C19H30N4O3S. The van der Waals surface area contributed by atoms with Crippen molar-refractivity contribution in [3.05, 3.63) is 22.9 Å². The molecule has 0 radical (unpaired) electrons. The number of carbonyl (C=O) groups is 1. The third-order valence-electron chi connectivity index (χ3n) is 5.23. The average Bonchev–Trinajstić information content (AvgIpc) is 3.08. The highest BCUT2D eigenvalue weighted by Gasteiger charge is 2.28. The Labute approximate surface area is 162 Å². The molecule has 1 amide bonds. The SMILES string of the molecule is CCS(=O)(=O)N1CCc2cc(C(=O)N3CCCC3)c(NC(C)C)nc2CC1. The quantitative estimate of drug-likeness (QED) is 0.825. The summed E-state index contributed by atoms with van der Waals surface area (Å²) in [5, 5.41) is 3.31. The summed E-state index contributed by atoms with van der Waals surface area (Å²) in [6, 6.07) is 2.10. The minimum absolute atomic E-state index is 0.0215. The van der Waals surface area contributed by atoms with Gasteiger partial charge in [-0.3, -0.25) is 4.79 Å². The molecule has 0 bridgehead atoms. The maximum atomic E-state index is 13.0. The summed E-state index contributed by atoms with van der Waals surface area (Å²) in [5.41, 5.74) is 2.49. The highest BCUT2D eigenvalue weighted by atomic mass is 32.2. The van der Waals surface area contributed by atoms with Gasteiger partial charge in [-0.1, -0.05) is 0 Å². The molecule has 27 heavy (non-hydrogen) atoms. The Kier molecular flexibility index (Phi) is 6.05. The molecule has 0 unspecified atom stereocenters. The van der Waals surface area contributed by atoms with E-state index < -0.39 is 10.0 Å². The fourth-order valence-electron chi connectivity index (χ4n) is 3.71. The van der Waals surface area contributed by atoms with E-state index in [1.807, 2.05) is 24.8 Å². The molecule has 1 N–H and O–H groups in total. The number of carbonyl (C=O) groups excluding carboxylic acids is 1. The van der Waals surface area contributed by atoms with Crippen LogP contribution in [0.15, 0.2) is 6.07 Å². The Bertz CT molecular complexity index is 801. The summed E-state index contributed by atoms with van der Waals surface area (Å²) in [5.74, 6) is 0.746. The Hall–Kier alpha value is -1.67. The number of aromatic nitrogens is 1. The van der Waals surface area contributed by atoms with Crippen LogP contribution in [0.25, 0.3) is 0 Å². The van der Waals surface area contributed by atoms with Crippen LogP contribution in [0, 0.1) is 0 Å². The molecule has 1 fully saturated rings. The van der Waals surface area contributed by atoms with E-state index in [0.717, 1.165) is 37.2 Å². The van der Waals surface area contributed by atoms with Gasteiger partial charge in [-0.05, 0) is 51.7 Å². The Morgan fingerprint density at radius 1 is 1.19 bits per heavy atom. The molecule has 8 heteroatoms. The van der Waals surface area contributed by atoms with Gasteiger partial charge in [0.05, 0.1) is 11.3 Å². The van der Waals surface area contributed by atoms with E-state index in [9.17, 15) is 13.2 Å². The summed E-state index contributed by atoms with van der Waals surface area (Å²) in [6.45, 7) is 8.18. The Morgan fingerprint density at radius 3 is 2.48 bits per heavy atom. The van der Waals surface area contributed by atoms with Gasteiger partial charge in [0, 0.05) is 44.3 Å². The highest BCUT2D eigenvalue weighted by Crippen LogP contribution is 2.25. The highest BCUT2D eigenvalue weighted by molar-refractivity contribution is 7.89. The lowest BCUT2D eigenvalue weighted by Crippen LogP contribution is -2.34. The summed E-state index contributed by atoms with van der Waals surface area (Å²) in [4.78, 5) is 19.7. The fourth-order valence-corrected chi connectivity index (χ4v) is 4.82. The first-order chi connectivity index (χ1) is 12.8. The van der Waals surface area contributed by atoms with E-state index in [2.05, 4.69) is 5.32 Å². The van der Waals surface area contributed by atoms with Gasteiger partial charge in [0.1, 0.15) is 5.82 Å². The molecule has 2 aliphatic heterocycles. The van der Waals surface area contributed by atoms with E-state index in [4.69, 9.17) is 4.98 Å². The Morgan fingerprint density at radius 2 is 1.85 bits per heavy atom. The number of rotatable bonds is 5. The number of sulfonamides is 1. The van der Waals surface area contributed by atoms with Crippen molar-refractivity contribution in [2.45, 2.75) is 52.5 Å². The number of nitrogens with zero attached hydrogens (tertiary/aromatic N) is 3. The number of pyridine rings is 1. The number of anilines is 1. The van der Waals surface area contributed by atoms with Gasteiger partial charge in [0.2, 0.25) is 10.0 Å². The number of likely N-dealkylation sites (tertiary alicyclic amines) is 1. The predicted octanol–water partition coefficient (Wildman–Crippen LogP) is 1.89. The summed E-state index contributed by atoms with van der Waals surface area (Å²) >= 11 is 0. The molecular weight excluding hydrogens is 364 g/mol. The van der Waals surface area contributed by atoms with Crippen LogP contribution < -0.4 is 5.32 Å². The normalized spacial score (nSPS) is 18.4. The van der Waals surface area contributed by atoms with Crippen LogP contribution in [0.4, 0.5) is 5.82 Å². The first kappa shape index (κ1) is 20.1. The van der Waals surface area contributed by atoms with Crippen LogP contribution in [-0.2, 0) is 22.9 Å². The molecule has 0 aliphatic carbocycles. The lowest BCUT2D eigenvalue weighted by atomic mass is 10.0. The van der Waals surface area contributed by atoms with Crippen LogP contribution in [-0.4, -0.2) is 66.5 Å². The number of nitrogens with one attached hydrogen (secondary N) is 1. The van der Waals surface area contributed by atoms with Crippen molar-refractivity contribution in [1.82, 2.24) is 14.2 Å². The fraction of sp³-hybridized carbons (Fsp3) is 0.684.